The fourth-order valence-corrected chi connectivity index (χ4v) is 5.81. The highest BCUT2D eigenvalue weighted by Crippen LogP contribution is 2.48. The van der Waals surface area contributed by atoms with Gasteiger partial charge in [0.15, 0.2) is 0 Å². The van der Waals surface area contributed by atoms with E-state index in [-0.39, 0.29) is 0 Å². The number of hydrogen-bond donors (Lipinski definition) is 1. The second-order valence-electron chi connectivity index (χ2n) is 8.84. The minimum Gasteiger partial charge on any atom is -0.355 e. The number of benzene rings is 1. The van der Waals surface area contributed by atoms with Crippen LogP contribution >= 0.6 is 23.2 Å². The molecule has 2 aromatic rings. The lowest BCUT2D eigenvalue weighted by molar-refractivity contribution is 0.186. The third kappa shape index (κ3) is 3.17. The fraction of sp³-hybridized carbons (Fsp3) is 0.478. The minimum absolute atomic E-state index is 0.331. The van der Waals surface area contributed by atoms with Gasteiger partial charge in [0.25, 0.3) is 0 Å². The Hall–Kier alpha value is -1.62. The first-order valence-electron chi connectivity index (χ1n) is 10.5. The Morgan fingerprint density at radius 3 is 2.69 bits per heavy atom. The molecule has 2 aliphatic carbocycles. The van der Waals surface area contributed by atoms with Gasteiger partial charge in [-0.1, -0.05) is 48.3 Å². The summed E-state index contributed by atoms with van der Waals surface area (Å²) in [6.45, 7) is 4.32. The molecule has 0 unspecified atom stereocenters. The molecule has 1 aromatic carbocycles. The highest BCUT2D eigenvalue weighted by atomic mass is 35.5. The monoisotopic (exact) mass is 428 g/mol. The van der Waals surface area contributed by atoms with Crippen molar-refractivity contribution in [2.75, 3.05) is 18.0 Å². The van der Waals surface area contributed by atoms with Crippen molar-refractivity contribution in [3.05, 3.63) is 57.5 Å². The summed E-state index contributed by atoms with van der Waals surface area (Å²) in [7, 11) is 0. The van der Waals surface area contributed by atoms with Gasteiger partial charge in [-0.2, -0.15) is 0 Å². The number of allylic oxidation sites excluding steroid dienone is 1. The van der Waals surface area contributed by atoms with E-state index in [0.29, 0.717) is 27.4 Å². The first-order valence-corrected chi connectivity index (χ1v) is 11.3. The van der Waals surface area contributed by atoms with Crippen LogP contribution in [0.25, 0.3) is 5.57 Å². The maximum absolute atomic E-state index is 6.57. The Bertz CT molecular complexity index is 979. The Labute approximate surface area is 182 Å². The fourth-order valence-electron chi connectivity index (χ4n) is 5.41. The van der Waals surface area contributed by atoms with Gasteiger partial charge in [0, 0.05) is 36.7 Å². The van der Waals surface area contributed by atoms with E-state index in [1.807, 2.05) is 18.3 Å². The summed E-state index contributed by atoms with van der Waals surface area (Å²) in [5.74, 6) is 1.62. The van der Waals surface area contributed by atoms with Gasteiger partial charge in [-0.3, -0.25) is 4.98 Å². The van der Waals surface area contributed by atoms with Crippen molar-refractivity contribution in [3.63, 3.8) is 0 Å². The highest BCUT2D eigenvalue weighted by Gasteiger charge is 2.46. The molecule has 1 spiro atoms. The van der Waals surface area contributed by atoms with E-state index in [0.717, 1.165) is 60.7 Å². The summed E-state index contributed by atoms with van der Waals surface area (Å²) in [6.07, 6.45) is 9.67. The number of nitrogens with zero attached hydrogens (tertiary/aromatic N) is 3. The minimum atomic E-state index is 0.331. The van der Waals surface area contributed by atoms with E-state index in [1.165, 1.54) is 12.8 Å². The van der Waals surface area contributed by atoms with Crippen LogP contribution in [0.15, 0.2) is 30.5 Å². The van der Waals surface area contributed by atoms with Crippen molar-refractivity contribution in [3.8, 4) is 0 Å². The van der Waals surface area contributed by atoms with Crippen molar-refractivity contribution >= 4 is 34.6 Å². The molecule has 29 heavy (non-hydrogen) atoms. The number of nitrogens with two attached hydrogens (primary N) is 1. The van der Waals surface area contributed by atoms with Crippen LogP contribution in [0.4, 0.5) is 5.82 Å². The van der Waals surface area contributed by atoms with Crippen LogP contribution in [-0.4, -0.2) is 29.1 Å². The average Bonchev–Trinajstić information content (AvgIpc) is 3.27. The second kappa shape index (κ2) is 7.26. The van der Waals surface area contributed by atoms with Gasteiger partial charge in [-0.25, -0.2) is 4.98 Å². The predicted molar refractivity (Wildman–Crippen MR) is 120 cm³/mol. The van der Waals surface area contributed by atoms with Gasteiger partial charge in [-0.15, -0.1) is 0 Å². The molecular weight excluding hydrogens is 403 g/mol. The quantitative estimate of drug-likeness (QED) is 0.721. The van der Waals surface area contributed by atoms with Gasteiger partial charge in [0.2, 0.25) is 0 Å². The van der Waals surface area contributed by atoms with Crippen LogP contribution < -0.4 is 10.6 Å². The largest absolute Gasteiger partial charge is 0.355 e. The second-order valence-corrected chi connectivity index (χ2v) is 9.62. The summed E-state index contributed by atoms with van der Waals surface area (Å²) in [5, 5.41) is 1.13. The lowest BCUT2D eigenvalue weighted by Crippen LogP contribution is -2.48. The molecule has 2 heterocycles. The maximum atomic E-state index is 6.57. The number of anilines is 1. The molecule has 6 heteroatoms. The zero-order valence-corrected chi connectivity index (χ0v) is 18.2. The van der Waals surface area contributed by atoms with Crippen molar-refractivity contribution in [1.82, 2.24) is 9.97 Å². The van der Waals surface area contributed by atoms with Crippen LogP contribution in [0.5, 0.6) is 0 Å². The Morgan fingerprint density at radius 1 is 1.17 bits per heavy atom. The molecule has 1 aliphatic heterocycles. The number of halogens is 2. The molecule has 1 aromatic heterocycles. The Morgan fingerprint density at radius 2 is 1.97 bits per heavy atom. The summed E-state index contributed by atoms with van der Waals surface area (Å²) < 4.78 is 0. The molecule has 4 nitrogen and oxygen atoms in total. The normalized spacial score (nSPS) is 25.4. The predicted octanol–water partition coefficient (Wildman–Crippen LogP) is 5.12. The van der Waals surface area contributed by atoms with E-state index in [1.54, 1.807) is 6.07 Å². The summed E-state index contributed by atoms with van der Waals surface area (Å²) >= 11 is 12.6. The zero-order valence-electron chi connectivity index (χ0n) is 16.7. The molecule has 3 aliphatic rings. The summed E-state index contributed by atoms with van der Waals surface area (Å²) in [6, 6.07) is 6.05. The molecule has 1 saturated carbocycles. The van der Waals surface area contributed by atoms with Crippen LogP contribution in [0, 0.1) is 11.3 Å². The van der Waals surface area contributed by atoms with E-state index in [9.17, 15) is 0 Å². The number of piperidine rings is 1. The highest BCUT2D eigenvalue weighted by molar-refractivity contribution is 6.43. The van der Waals surface area contributed by atoms with Crippen molar-refractivity contribution < 1.29 is 0 Å². The van der Waals surface area contributed by atoms with E-state index in [2.05, 4.69) is 17.9 Å². The third-order valence-electron chi connectivity index (χ3n) is 7.33. The third-order valence-corrected chi connectivity index (χ3v) is 8.15. The van der Waals surface area contributed by atoms with Crippen molar-refractivity contribution in [1.29, 1.82) is 0 Å². The van der Waals surface area contributed by atoms with Gasteiger partial charge in [-0.05, 0) is 43.1 Å². The standard InChI is InChI=1S/C23H26Cl2N4/c1-14-7-8-23(22(14)26)9-11-29(12-10-23)19-13-27-21-16(5-6-18(21)28-19)15-3-2-4-17(24)20(15)25/h2-5,13-14,22H,6-12,26H2,1H3/t14-,22-/m1/s1. The molecule has 2 atom stereocenters. The van der Waals surface area contributed by atoms with E-state index >= 15 is 0 Å². The molecule has 0 radical (unpaired) electrons. The zero-order chi connectivity index (χ0) is 20.2. The molecule has 2 fully saturated rings. The van der Waals surface area contributed by atoms with Gasteiger partial charge in [0.05, 0.1) is 27.6 Å². The van der Waals surface area contributed by atoms with Gasteiger partial charge >= 0.3 is 0 Å². The van der Waals surface area contributed by atoms with Crippen LogP contribution in [0.2, 0.25) is 10.0 Å². The van der Waals surface area contributed by atoms with E-state index < -0.39 is 0 Å². The SMILES string of the molecule is C[C@@H]1CCC2(CCN(c3cnc4c(n3)CC=C4c3cccc(Cl)c3Cl)CC2)[C@@H]1N. The maximum Gasteiger partial charge on any atom is 0.147 e. The first kappa shape index (κ1) is 19.3. The van der Waals surface area contributed by atoms with Crippen molar-refractivity contribution in [2.45, 2.75) is 45.1 Å². The van der Waals surface area contributed by atoms with Crippen LogP contribution in [0.1, 0.15) is 49.6 Å². The van der Waals surface area contributed by atoms with Crippen molar-refractivity contribution in [2.24, 2.45) is 17.1 Å². The lowest BCUT2D eigenvalue weighted by Gasteiger charge is -2.43. The molecule has 152 valence electrons. The molecule has 1 saturated heterocycles. The average molecular weight is 429 g/mol. The molecule has 0 bridgehead atoms. The van der Waals surface area contributed by atoms with Crippen LogP contribution in [-0.2, 0) is 6.42 Å². The molecule has 5 rings (SSSR count). The Balaban J connectivity index is 1.35. The lowest BCUT2D eigenvalue weighted by atomic mass is 9.73. The smallest absolute Gasteiger partial charge is 0.147 e. The number of hydrogen-bond acceptors (Lipinski definition) is 4. The Kier molecular flexibility index (Phi) is 4.84. The number of aromatic nitrogens is 2. The summed E-state index contributed by atoms with van der Waals surface area (Å²) in [5.41, 5.74) is 10.8. The van der Waals surface area contributed by atoms with E-state index in [4.69, 9.17) is 38.9 Å². The number of fused-ring (bicyclic) bond motifs is 1. The van der Waals surface area contributed by atoms with Crippen LogP contribution in [0.3, 0.4) is 0 Å². The first-order chi connectivity index (χ1) is 14.0. The molecule has 2 N–H and O–H groups in total. The molecular formula is C23H26Cl2N4. The topological polar surface area (TPSA) is 55.0 Å². The van der Waals surface area contributed by atoms with Gasteiger partial charge in [0.1, 0.15) is 5.82 Å². The molecule has 0 amide bonds. The van der Waals surface area contributed by atoms with Gasteiger partial charge < -0.3 is 10.6 Å². The number of rotatable bonds is 2. The summed E-state index contributed by atoms with van der Waals surface area (Å²) in [4.78, 5) is 12.1.